The zero-order valence-corrected chi connectivity index (χ0v) is 10.1. The molecule has 0 fully saturated rings. The first-order valence-corrected chi connectivity index (χ1v) is 6.54. The maximum Gasteiger partial charge on any atom is 0.269 e. The van der Waals surface area contributed by atoms with Gasteiger partial charge in [0.1, 0.15) is 0 Å². The van der Waals surface area contributed by atoms with E-state index in [1.807, 2.05) is 0 Å². The van der Waals surface area contributed by atoms with Crippen LogP contribution in [-0.4, -0.2) is 26.1 Å². The van der Waals surface area contributed by atoms with Gasteiger partial charge < -0.3 is 0 Å². The SMILES string of the molecule is C=CCN(c1ccc([N+](=O)[O-])cc1)S(C)(=O)=O. The van der Waals surface area contributed by atoms with E-state index < -0.39 is 14.9 Å². The number of benzene rings is 1. The molecular weight excluding hydrogens is 244 g/mol. The Balaban J connectivity index is 3.12. The van der Waals surface area contributed by atoms with Crippen molar-refractivity contribution in [2.75, 3.05) is 17.1 Å². The monoisotopic (exact) mass is 256 g/mol. The second kappa shape index (κ2) is 4.96. The largest absolute Gasteiger partial charge is 0.269 e. The Bertz CT molecular complexity index is 522. The molecule has 0 radical (unpaired) electrons. The highest BCUT2D eigenvalue weighted by Gasteiger charge is 2.16. The molecule has 0 spiro atoms. The van der Waals surface area contributed by atoms with Crippen molar-refractivity contribution in [2.45, 2.75) is 0 Å². The average Bonchev–Trinajstić information content (AvgIpc) is 2.24. The molecule has 92 valence electrons. The van der Waals surface area contributed by atoms with Gasteiger partial charge >= 0.3 is 0 Å². The fourth-order valence-corrected chi connectivity index (χ4v) is 2.17. The first-order chi connectivity index (χ1) is 7.86. The highest BCUT2D eigenvalue weighted by atomic mass is 32.2. The number of hydrogen-bond acceptors (Lipinski definition) is 4. The van der Waals surface area contributed by atoms with E-state index in [0.29, 0.717) is 5.69 Å². The average molecular weight is 256 g/mol. The second-order valence-corrected chi connectivity index (χ2v) is 5.26. The summed E-state index contributed by atoms with van der Waals surface area (Å²) >= 11 is 0. The lowest BCUT2D eigenvalue weighted by atomic mass is 10.3. The number of sulfonamides is 1. The first kappa shape index (κ1) is 13.2. The number of non-ortho nitro benzene ring substituents is 1. The summed E-state index contributed by atoms with van der Waals surface area (Å²) in [5, 5.41) is 10.5. The lowest BCUT2D eigenvalue weighted by Crippen LogP contribution is -2.29. The molecule has 0 unspecified atom stereocenters. The summed E-state index contributed by atoms with van der Waals surface area (Å²) in [5.41, 5.74) is 0.291. The van der Waals surface area contributed by atoms with Gasteiger partial charge in [0.2, 0.25) is 10.0 Å². The molecule has 0 N–H and O–H groups in total. The van der Waals surface area contributed by atoms with Gasteiger partial charge in [-0.3, -0.25) is 14.4 Å². The van der Waals surface area contributed by atoms with Crippen LogP contribution in [0.5, 0.6) is 0 Å². The molecule has 0 saturated carbocycles. The highest BCUT2D eigenvalue weighted by Crippen LogP contribution is 2.21. The van der Waals surface area contributed by atoms with Crippen LogP contribution >= 0.6 is 0 Å². The fraction of sp³-hybridized carbons (Fsp3) is 0.200. The molecule has 0 bridgehead atoms. The molecule has 0 amide bonds. The van der Waals surface area contributed by atoms with Crippen molar-refractivity contribution in [1.29, 1.82) is 0 Å². The van der Waals surface area contributed by atoms with Gasteiger partial charge in [-0.1, -0.05) is 6.08 Å². The molecule has 17 heavy (non-hydrogen) atoms. The van der Waals surface area contributed by atoms with Crippen LogP contribution in [0.25, 0.3) is 0 Å². The summed E-state index contributed by atoms with van der Waals surface area (Å²) < 4.78 is 24.1. The van der Waals surface area contributed by atoms with Crippen LogP contribution in [0.3, 0.4) is 0 Å². The quantitative estimate of drug-likeness (QED) is 0.454. The van der Waals surface area contributed by atoms with E-state index in [-0.39, 0.29) is 12.2 Å². The molecular formula is C10H12N2O4S. The van der Waals surface area contributed by atoms with Gasteiger partial charge in [0.25, 0.3) is 5.69 Å². The maximum atomic E-state index is 11.5. The van der Waals surface area contributed by atoms with Gasteiger partial charge in [-0.25, -0.2) is 8.42 Å². The van der Waals surface area contributed by atoms with Crippen molar-refractivity contribution >= 4 is 21.4 Å². The van der Waals surface area contributed by atoms with Crippen LogP contribution in [0, 0.1) is 10.1 Å². The summed E-state index contributed by atoms with van der Waals surface area (Å²) in [5.74, 6) is 0. The van der Waals surface area contributed by atoms with Gasteiger partial charge in [0.15, 0.2) is 0 Å². The summed E-state index contributed by atoms with van der Waals surface area (Å²) in [6, 6.07) is 5.30. The molecule has 0 heterocycles. The molecule has 1 rings (SSSR count). The number of rotatable bonds is 5. The molecule has 0 aromatic heterocycles. The molecule has 7 heteroatoms. The van der Waals surface area contributed by atoms with E-state index in [9.17, 15) is 18.5 Å². The van der Waals surface area contributed by atoms with Crippen LogP contribution in [0.4, 0.5) is 11.4 Å². The number of nitrogens with zero attached hydrogens (tertiary/aromatic N) is 2. The van der Waals surface area contributed by atoms with Crippen molar-refractivity contribution < 1.29 is 13.3 Å². The van der Waals surface area contributed by atoms with Crippen LogP contribution in [-0.2, 0) is 10.0 Å². The minimum absolute atomic E-state index is 0.0826. The van der Waals surface area contributed by atoms with E-state index in [1.165, 1.54) is 30.3 Å². The van der Waals surface area contributed by atoms with Gasteiger partial charge in [-0.2, -0.15) is 0 Å². The Hall–Kier alpha value is -1.89. The highest BCUT2D eigenvalue weighted by molar-refractivity contribution is 7.92. The Labute approximate surface area is 99.4 Å². The Morgan fingerprint density at radius 2 is 1.94 bits per heavy atom. The lowest BCUT2D eigenvalue weighted by Gasteiger charge is -2.20. The van der Waals surface area contributed by atoms with Gasteiger partial charge in [-0.05, 0) is 12.1 Å². The van der Waals surface area contributed by atoms with Crippen molar-refractivity contribution in [3.05, 3.63) is 47.0 Å². The van der Waals surface area contributed by atoms with Crippen molar-refractivity contribution in [3.63, 3.8) is 0 Å². The minimum Gasteiger partial charge on any atom is -0.267 e. The van der Waals surface area contributed by atoms with Gasteiger partial charge in [0, 0.05) is 12.1 Å². The summed E-state index contributed by atoms with van der Waals surface area (Å²) in [7, 11) is -3.42. The van der Waals surface area contributed by atoms with Crippen LogP contribution in [0.15, 0.2) is 36.9 Å². The van der Waals surface area contributed by atoms with Crippen molar-refractivity contribution in [1.82, 2.24) is 0 Å². The maximum absolute atomic E-state index is 11.5. The molecule has 0 aliphatic carbocycles. The number of nitro benzene ring substituents is 1. The molecule has 1 aromatic rings. The third kappa shape index (κ3) is 3.28. The van der Waals surface area contributed by atoms with E-state index in [4.69, 9.17) is 0 Å². The predicted octanol–water partition coefficient (Wildman–Crippen LogP) is 1.55. The number of anilines is 1. The Morgan fingerprint density at radius 3 is 2.29 bits per heavy atom. The summed E-state index contributed by atoms with van der Waals surface area (Å²) in [6.45, 7) is 3.59. The third-order valence-corrected chi connectivity index (χ3v) is 3.20. The lowest BCUT2D eigenvalue weighted by molar-refractivity contribution is -0.384. The standard InChI is InChI=1S/C10H12N2O4S/c1-3-8-11(17(2,15)16)9-4-6-10(7-5-9)12(13)14/h3-7H,1,8H2,2H3. The topological polar surface area (TPSA) is 80.5 Å². The van der Waals surface area contributed by atoms with Crippen molar-refractivity contribution in [3.8, 4) is 0 Å². The molecule has 0 saturated heterocycles. The molecule has 0 atom stereocenters. The predicted molar refractivity (Wildman–Crippen MR) is 65.5 cm³/mol. The van der Waals surface area contributed by atoms with E-state index >= 15 is 0 Å². The van der Waals surface area contributed by atoms with Gasteiger partial charge in [0.05, 0.1) is 23.4 Å². The summed E-state index contributed by atoms with van der Waals surface area (Å²) in [6.07, 6.45) is 2.51. The normalized spacial score (nSPS) is 10.9. The molecule has 0 aliphatic heterocycles. The Kier molecular flexibility index (Phi) is 3.84. The first-order valence-electron chi connectivity index (χ1n) is 4.69. The summed E-state index contributed by atoms with van der Waals surface area (Å²) in [4.78, 5) is 9.92. The minimum atomic E-state index is -3.42. The zero-order valence-electron chi connectivity index (χ0n) is 9.24. The smallest absolute Gasteiger partial charge is 0.267 e. The zero-order chi connectivity index (χ0) is 13.1. The van der Waals surface area contributed by atoms with E-state index in [0.717, 1.165) is 10.6 Å². The third-order valence-electron chi connectivity index (χ3n) is 2.04. The molecule has 1 aromatic carbocycles. The number of hydrogen-bond donors (Lipinski definition) is 0. The Morgan fingerprint density at radius 1 is 1.41 bits per heavy atom. The molecule has 0 aliphatic rings. The van der Waals surface area contributed by atoms with Crippen molar-refractivity contribution in [2.24, 2.45) is 0 Å². The van der Waals surface area contributed by atoms with E-state index in [1.54, 1.807) is 0 Å². The van der Waals surface area contributed by atoms with Crippen LogP contribution in [0.1, 0.15) is 0 Å². The van der Waals surface area contributed by atoms with E-state index in [2.05, 4.69) is 6.58 Å². The molecule has 6 nitrogen and oxygen atoms in total. The fourth-order valence-electron chi connectivity index (χ4n) is 1.29. The number of nitro groups is 1. The van der Waals surface area contributed by atoms with Gasteiger partial charge in [-0.15, -0.1) is 6.58 Å². The van der Waals surface area contributed by atoms with Crippen LogP contribution < -0.4 is 4.31 Å². The second-order valence-electron chi connectivity index (χ2n) is 3.36. The van der Waals surface area contributed by atoms with Crippen LogP contribution in [0.2, 0.25) is 0 Å².